The smallest absolute Gasteiger partial charge is 0.0562 e. The molecule has 2 fully saturated rings. The Balaban J connectivity index is 1.99. The highest BCUT2D eigenvalue weighted by molar-refractivity contribution is 4.98. The van der Waals surface area contributed by atoms with Crippen molar-refractivity contribution in [1.29, 1.82) is 0 Å². The van der Waals surface area contributed by atoms with Gasteiger partial charge in [-0.15, -0.1) is 0 Å². The van der Waals surface area contributed by atoms with Crippen molar-refractivity contribution in [3.8, 4) is 0 Å². The van der Waals surface area contributed by atoms with Crippen LogP contribution in [0.15, 0.2) is 0 Å². The highest BCUT2D eigenvalue weighted by atomic mass is 16.5. The number of hydrogen-bond acceptors (Lipinski definition) is 3. The summed E-state index contributed by atoms with van der Waals surface area (Å²) >= 11 is 0. The normalized spacial score (nSPS) is 31.1. The van der Waals surface area contributed by atoms with E-state index in [0.29, 0.717) is 5.41 Å². The standard InChI is InChI=1S/C11H22N2O/c1-9(12)11(7-14-8-11)10-3-5-13(2)6-4-10/h9-10H,3-8,12H2,1-2H3. The second-order valence-corrected chi connectivity index (χ2v) is 5.09. The molecule has 14 heavy (non-hydrogen) atoms. The molecule has 0 saturated carbocycles. The molecule has 2 N–H and O–H groups in total. The van der Waals surface area contributed by atoms with Crippen molar-refractivity contribution in [1.82, 2.24) is 4.90 Å². The molecule has 0 amide bonds. The van der Waals surface area contributed by atoms with Gasteiger partial charge in [0.2, 0.25) is 0 Å². The van der Waals surface area contributed by atoms with Crippen LogP contribution in [0.2, 0.25) is 0 Å². The first kappa shape index (κ1) is 10.4. The maximum absolute atomic E-state index is 6.10. The van der Waals surface area contributed by atoms with E-state index in [4.69, 9.17) is 10.5 Å². The van der Waals surface area contributed by atoms with E-state index in [1.807, 2.05) is 0 Å². The second kappa shape index (κ2) is 3.80. The van der Waals surface area contributed by atoms with E-state index in [1.54, 1.807) is 0 Å². The topological polar surface area (TPSA) is 38.5 Å². The van der Waals surface area contributed by atoms with Crippen LogP contribution in [-0.2, 0) is 4.74 Å². The Morgan fingerprint density at radius 2 is 1.93 bits per heavy atom. The Morgan fingerprint density at radius 3 is 2.29 bits per heavy atom. The average Bonchev–Trinajstić information content (AvgIpc) is 2.05. The molecule has 0 bridgehead atoms. The van der Waals surface area contributed by atoms with Crippen molar-refractivity contribution in [2.24, 2.45) is 17.1 Å². The minimum atomic E-state index is 0.282. The number of piperidine rings is 1. The highest BCUT2D eigenvalue weighted by Crippen LogP contribution is 2.43. The maximum Gasteiger partial charge on any atom is 0.0562 e. The molecule has 0 aliphatic carbocycles. The molecular weight excluding hydrogens is 176 g/mol. The van der Waals surface area contributed by atoms with Crippen LogP contribution in [0.1, 0.15) is 19.8 Å². The summed E-state index contributed by atoms with van der Waals surface area (Å²) in [6, 6.07) is 0.282. The first-order valence-corrected chi connectivity index (χ1v) is 5.67. The summed E-state index contributed by atoms with van der Waals surface area (Å²) in [5.41, 5.74) is 6.41. The quantitative estimate of drug-likeness (QED) is 0.709. The van der Waals surface area contributed by atoms with Crippen molar-refractivity contribution < 1.29 is 4.74 Å². The van der Waals surface area contributed by atoms with Crippen LogP contribution in [0.5, 0.6) is 0 Å². The van der Waals surface area contributed by atoms with Gasteiger partial charge in [0, 0.05) is 11.5 Å². The zero-order chi connectivity index (χ0) is 10.2. The van der Waals surface area contributed by atoms with Gasteiger partial charge in [-0.25, -0.2) is 0 Å². The molecule has 2 aliphatic heterocycles. The molecule has 0 aromatic heterocycles. The summed E-state index contributed by atoms with van der Waals surface area (Å²) in [5, 5.41) is 0. The summed E-state index contributed by atoms with van der Waals surface area (Å²) < 4.78 is 5.39. The molecule has 3 heteroatoms. The van der Waals surface area contributed by atoms with Crippen LogP contribution in [0.4, 0.5) is 0 Å². The first-order valence-electron chi connectivity index (χ1n) is 5.67. The van der Waals surface area contributed by atoms with E-state index in [1.165, 1.54) is 25.9 Å². The Kier molecular flexibility index (Phi) is 2.82. The van der Waals surface area contributed by atoms with Crippen LogP contribution in [-0.4, -0.2) is 44.3 Å². The first-order chi connectivity index (χ1) is 6.65. The molecule has 2 aliphatic rings. The third-order valence-electron chi connectivity index (χ3n) is 4.18. The number of hydrogen-bond donors (Lipinski definition) is 1. The fourth-order valence-electron chi connectivity index (χ4n) is 2.79. The lowest BCUT2D eigenvalue weighted by Crippen LogP contribution is -2.60. The van der Waals surface area contributed by atoms with Crippen LogP contribution >= 0.6 is 0 Å². The van der Waals surface area contributed by atoms with Crippen molar-refractivity contribution >= 4 is 0 Å². The van der Waals surface area contributed by atoms with Crippen LogP contribution in [0.3, 0.4) is 0 Å². The average molecular weight is 198 g/mol. The van der Waals surface area contributed by atoms with Crippen LogP contribution in [0.25, 0.3) is 0 Å². The number of ether oxygens (including phenoxy) is 1. The minimum absolute atomic E-state index is 0.282. The summed E-state index contributed by atoms with van der Waals surface area (Å²) in [4.78, 5) is 2.41. The molecule has 0 radical (unpaired) electrons. The summed E-state index contributed by atoms with van der Waals surface area (Å²) in [7, 11) is 2.20. The largest absolute Gasteiger partial charge is 0.380 e. The Hall–Kier alpha value is -0.120. The molecule has 3 nitrogen and oxygen atoms in total. The van der Waals surface area contributed by atoms with Gasteiger partial charge in [0.1, 0.15) is 0 Å². The van der Waals surface area contributed by atoms with Crippen molar-refractivity contribution in [2.45, 2.75) is 25.8 Å². The molecule has 0 aromatic rings. The molecule has 2 heterocycles. The van der Waals surface area contributed by atoms with Crippen molar-refractivity contribution in [3.05, 3.63) is 0 Å². The van der Waals surface area contributed by atoms with E-state index in [2.05, 4.69) is 18.9 Å². The molecule has 2 saturated heterocycles. The summed E-state index contributed by atoms with van der Waals surface area (Å²) in [6.45, 7) is 6.36. The predicted molar refractivity (Wildman–Crippen MR) is 57.1 cm³/mol. The van der Waals surface area contributed by atoms with E-state index < -0.39 is 0 Å². The van der Waals surface area contributed by atoms with E-state index in [0.717, 1.165) is 19.1 Å². The number of nitrogens with zero attached hydrogens (tertiary/aromatic N) is 1. The summed E-state index contributed by atoms with van der Waals surface area (Å²) in [5.74, 6) is 0.785. The van der Waals surface area contributed by atoms with Gasteiger partial charge < -0.3 is 15.4 Å². The Morgan fingerprint density at radius 1 is 1.36 bits per heavy atom. The van der Waals surface area contributed by atoms with Crippen molar-refractivity contribution in [3.63, 3.8) is 0 Å². The molecular formula is C11H22N2O. The van der Waals surface area contributed by atoms with Crippen LogP contribution < -0.4 is 5.73 Å². The molecule has 1 atom stereocenters. The lowest BCUT2D eigenvalue weighted by atomic mass is 9.65. The molecule has 1 unspecified atom stereocenters. The van der Waals surface area contributed by atoms with E-state index >= 15 is 0 Å². The number of rotatable bonds is 2. The molecule has 0 aromatic carbocycles. The van der Waals surface area contributed by atoms with E-state index in [9.17, 15) is 0 Å². The lowest BCUT2D eigenvalue weighted by Gasteiger charge is -2.52. The van der Waals surface area contributed by atoms with Gasteiger partial charge in [0.25, 0.3) is 0 Å². The van der Waals surface area contributed by atoms with Crippen molar-refractivity contribution in [2.75, 3.05) is 33.4 Å². The van der Waals surface area contributed by atoms with Crippen LogP contribution in [0, 0.1) is 11.3 Å². The maximum atomic E-state index is 6.10. The highest BCUT2D eigenvalue weighted by Gasteiger charge is 2.48. The third-order valence-corrected chi connectivity index (χ3v) is 4.18. The minimum Gasteiger partial charge on any atom is -0.380 e. The second-order valence-electron chi connectivity index (χ2n) is 5.09. The third kappa shape index (κ3) is 1.58. The van der Waals surface area contributed by atoms with Gasteiger partial charge >= 0.3 is 0 Å². The van der Waals surface area contributed by atoms with Gasteiger partial charge in [-0.3, -0.25) is 0 Å². The number of likely N-dealkylation sites (tertiary alicyclic amines) is 1. The van der Waals surface area contributed by atoms with E-state index in [-0.39, 0.29) is 6.04 Å². The van der Waals surface area contributed by atoms with Gasteiger partial charge in [-0.1, -0.05) is 0 Å². The molecule has 82 valence electrons. The van der Waals surface area contributed by atoms with Gasteiger partial charge in [-0.2, -0.15) is 0 Å². The fourth-order valence-corrected chi connectivity index (χ4v) is 2.79. The summed E-state index contributed by atoms with van der Waals surface area (Å²) in [6.07, 6.45) is 2.59. The Labute approximate surface area is 86.6 Å². The Bertz CT molecular complexity index is 193. The number of nitrogens with two attached hydrogens (primary N) is 1. The lowest BCUT2D eigenvalue weighted by molar-refractivity contribution is -0.165. The van der Waals surface area contributed by atoms with Gasteiger partial charge in [0.05, 0.1) is 13.2 Å². The monoisotopic (exact) mass is 198 g/mol. The fraction of sp³-hybridized carbons (Fsp3) is 1.00. The van der Waals surface area contributed by atoms with Gasteiger partial charge in [-0.05, 0) is 45.8 Å². The SMILES string of the molecule is CC(N)C1(C2CCN(C)CC2)COC1. The van der Waals surface area contributed by atoms with Gasteiger partial charge in [0.15, 0.2) is 0 Å². The predicted octanol–water partition coefficient (Wildman–Crippen LogP) is 0.692. The zero-order valence-electron chi connectivity index (χ0n) is 9.33. The zero-order valence-corrected chi connectivity index (χ0v) is 9.33. The molecule has 0 spiro atoms. The molecule has 2 rings (SSSR count).